The van der Waals surface area contributed by atoms with Crippen molar-refractivity contribution in [2.75, 3.05) is 0 Å². The Hall–Kier alpha value is -4.14. The highest BCUT2D eigenvalue weighted by atomic mass is 16.6. The lowest BCUT2D eigenvalue weighted by atomic mass is 10.2. The molecule has 2 aromatic carbocycles. The first kappa shape index (κ1) is 18.6. The van der Waals surface area contributed by atoms with Crippen molar-refractivity contribution >= 4 is 17.8 Å². The predicted octanol–water partition coefficient (Wildman–Crippen LogP) is 3.24. The van der Waals surface area contributed by atoms with Crippen LogP contribution < -0.4 is 10.2 Å². The molecule has 2 N–H and O–H groups in total. The molecule has 9 heteroatoms. The van der Waals surface area contributed by atoms with Gasteiger partial charge < -0.3 is 14.3 Å². The third-order valence-electron chi connectivity index (χ3n) is 3.59. The minimum atomic E-state index is -0.715. The van der Waals surface area contributed by atoms with Crippen molar-refractivity contribution in [3.63, 3.8) is 0 Å². The van der Waals surface area contributed by atoms with E-state index in [-0.39, 0.29) is 12.4 Å². The number of para-hydroxylation sites is 1. The van der Waals surface area contributed by atoms with Crippen LogP contribution in [0.3, 0.4) is 0 Å². The summed E-state index contributed by atoms with van der Waals surface area (Å²) in [4.78, 5) is 22.1. The SMILES string of the molecule is O=C(N/N=C\c1ccc(O)c([N+](=O)[O-])c1)c1ccc(COc2ccccc2)o1. The molecule has 0 saturated heterocycles. The highest BCUT2D eigenvalue weighted by Gasteiger charge is 2.13. The molecule has 28 heavy (non-hydrogen) atoms. The Bertz CT molecular complexity index is 1010. The minimum Gasteiger partial charge on any atom is -0.502 e. The van der Waals surface area contributed by atoms with Gasteiger partial charge in [0.2, 0.25) is 0 Å². The normalized spacial score (nSPS) is 10.7. The fraction of sp³-hybridized carbons (Fsp3) is 0.0526. The van der Waals surface area contributed by atoms with Crippen LogP contribution in [0.2, 0.25) is 0 Å². The van der Waals surface area contributed by atoms with Crippen LogP contribution in [-0.2, 0) is 6.61 Å². The number of benzene rings is 2. The molecule has 0 radical (unpaired) electrons. The number of ether oxygens (including phenoxy) is 1. The molecule has 3 rings (SSSR count). The van der Waals surface area contributed by atoms with Crippen molar-refractivity contribution in [1.82, 2.24) is 5.43 Å². The van der Waals surface area contributed by atoms with E-state index in [0.717, 1.165) is 6.07 Å². The zero-order chi connectivity index (χ0) is 19.9. The zero-order valence-electron chi connectivity index (χ0n) is 14.4. The molecule has 0 aliphatic heterocycles. The third kappa shape index (κ3) is 4.73. The summed E-state index contributed by atoms with van der Waals surface area (Å²) in [6, 6.07) is 16.0. The Labute approximate surface area is 159 Å². The van der Waals surface area contributed by atoms with E-state index < -0.39 is 22.3 Å². The van der Waals surface area contributed by atoms with Crippen molar-refractivity contribution in [2.24, 2.45) is 5.10 Å². The van der Waals surface area contributed by atoms with Crippen LogP contribution in [0.15, 0.2) is 70.2 Å². The molecular formula is C19H15N3O6. The molecular weight excluding hydrogens is 366 g/mol. The molecule has 0 unspecified atom stereocenters. The fourth-order valence-corrected chi connectivity index (χ4v) is 2.24. The number of furan rings is 1. The number of hydrogen-bond donors (Lipinski definition) is 2. The van der Waals surface area contributed by atoms with E-state index in [1.807, 2.05) is 18.2 Å². The number of carbonyl (C=O) groups excluding carboxylic acids is 1. The van der Waals surface area contributed by atoms with Gasteiger partial charge in [0.1, 0.15) is 18.1 Å². The first-order valence-electron chi connectivity index (χ1n) is 8.10. The topological polar surface area (TPSA) is 127 Å². The second-order valence-electron chi connectivity index (χ2n) is 5.57. The number of rotatable bonds is 7. The van der Waals surface area contributed by atoms with Crippen molar-refractivity contribution in [3.05, 3.63) is 87.9 Å². The van der Waals surface area contributed by atoms with E-state index in [1.165, 1.54) is 24.4 Å². The number of amides is 1. The zero-order valence-corrected chi connectivity index (χ0v) is 14.4. The molecule has 0 bridgehead atoms. The van der Waals surface area contributed by atoms with Gasteiger partial charge in [-0.3, -0.25) is 14.9 Å². The van der Waals surface area contributed by atoms with Crippen LogP contribution in [0.25, 0.3) is 0 Å². The monoisotopic (exact) mass is 381 g/mol. The first-order valence-corrected chi connectivity index (χ1v) is 8.10. The molecule has 1 heterocycles. The first-order chi connectivity index (χ1) is 13.5. The van der Waals surface area contributed by atoms with Crippen LogP contribution in [0.5, 0.6) is 11.5 Å². The average molecular weight is 381 g/mol. The standard InChI is InChI=1S/C19H15N3O6/c23-17-8-6-13(10-16(17)22(25)26)11-20-21-19(24)18-9-7-15(28-18)12-27-14-4-2-1-3-5-14/h1-11,23H,12H2,(H,21,24)/b20-11-. The average Bonchev–Trinajstić information content (AvgIpc) is 3.17. The second kappa shape index (κ2) is 8.49. The molecule has 0 fully saturated rings. The molecule has 1 aromatic heterocycles. The van der Waals surface area contributed by atoms with E-state index in [0.29, 0.717) is 17.1 Å². The highest BCUT2D eigenvalue weighted by molar-refractivity contribution is 5.92. The van der Waals surface area contributed by atoms with Gasteiger partial charge in [-0.05, 0) is 36.4 Å². The number of hydrazone groups is 1. The molecule has 0 atom stereocenters. The number of nitrogens with one attached hydrogen (secondary N) is 1. The Morgan fingerprint density at radius 3 is 2.75 bits per heavy atom. The Morgan fingerprint density at radius 1 is 1.21 bits per heavy atom. The van der Waals surface area contributed by atoms with Gasteiger partial charge >= 0.3 is 11.6 Å². The van der Waals surface area contributed by atoms with Crippen LogP contribution in [0.1, 0.15) is 21.9 Å². The largest absolute Gasteiger partial charge is 0.502 e. The van der Waals surface area contributed by atoms with Gasteiger partial charge in [0.15, 0.2) is 11.5 Å². The summed E-state index contributed by atoms with van der Waals surface area (Å²) < 4.78 is 10.9. The Morgan fingerprint density at radius 2 is 2.00 bits per heavy atom. The van der Waals surface area contributed by atoms with Gasteiger partial charge in [-0.2, -0.15) is 5.10 Å². The molecule has 9 nitrogen and oxygen atoms in total. The van der Waals surface area contributed by atoms with Gasteiger partial charge in [-0.15, -0.1) is 0 Å². The summed E-state index contributed by atoms with van der Waals surface area (Å²) >= 11 is 0. The van der Waals surface area contributed by atoms with Crippen LogP contribution in [-0.4, -0.2) is 22.2 Å². The van der Waals surface area contributed by atoms with Crippen LogP contribution in [0, 0.1) is 10.1 Å². The number of nitro groups is 1. The van der Waals surface area contributed by atoms with Crippen LogP contribution in [0.4, 0.5) is 5.69 Å². The number of nitro benzene ring substituents is 1. The lowest BCUT2D eigenvalue weighted by molar-refractivity contribution is -0.385. The van der Waals surface area contributed by atoms with E-state index >= 15 is 0 Å². The third-order valence-corrected chi connectivity index (χ3v) is 3.59. The van der Waals surface area contributed by atoms with E-state index in [9.17, 15) is 20.0 Å². The molecule has 0 spiro atoms. The van der Waals surface area contributed by atoms with Gasteiger partial charge in [0, 0.05) is 11.6 Å². The van der Waals surface area contributed by atoms with E-state index in [2.05, 4.69) is 10.5 Å². The van der Waals surface area contributed by atoms with Crippen molar-refractivity contribution in [2.45, 2.75) is 6.61 Å². The maximum atomic E-state index is 12.0. The predicted molar refractivity (Wildman–Crippen MR) is 99.3 cm³/mol. The van der Waals surface area contributed by atoms with Gasteiger partial charge in [0.25, 0.3) is 0 Å². The summed E-state index contributed by atoms with van der Waals surface area (Å²) in [5.41, 5.74) is 2.14. The molecule has 0 aliphatic carbocycles. The molecule has 0 aliphatic rings. The second-order valence-corrected chi connectivity index (χ2v) is 5.57. The number of aromatic hydroxyl groups is 1. The number of hydrogen-bond acceptors (Lipinski definition) is 7. The van der Waals surface area contributed by atoms with Gasteiger partial charge in [-0.25, -0.2) is 5.43 Å². The van der Waals surface area contributed by atoms with Crippen molar-refractivity contribution in [3.8, 4) is 11.5 Å². The quantitative estimate of drug-likeness (QED) is 0.367. The summed E-state index contributed by atoms with van der Waals surface area (Å²) in [5.74, 6) is 0.146. The smallest absolute Gasteiger partial charge is 0.311 e. The van der Waals surface area contributed by atoms with E-state index in [1.54, 1.807) is 18.2 Å². The van der Waals surface area contributed by atoms with Crippen molar-refractivity contribution in [1.29, 1.82) is 0 Å². The maximum absolute atomic E-state index is 12.0. The fourth-order valence-electron chi connectivity index (χ4n) is 2.24. The summed E-state index contributed by atoms with van der Waals surface area (Å²) in [5, 5.41) is 23.9. The Kier molecular flexibility index (Phi) is 5.66. The lowest BCUT2D eigenvalue weighted by Crippen LogP contribution is -2.16. The molecule has 3 aromatic rings. The lowest BCUT2D eigenvalue weighted by Gasteiger charge is -2.03. The summed E-state index contributed by atoms with van der Waals surface area (Å²) in [7, 11) is 0. The molecule has 1 amide bonds. The molecule has 142 valence electrons. The van der Waals surface area contributed by atoms with Gasteiger partial charge in [0.05, 0.1) is 11.1 Å². The number of phenolic OH excluding ortho intramolecular Hbond substituents is 1. The summed E-state index contributed by atoms with van der Waals surface area (Å²) in [6.07, 6.45) is 1.21. The number of phenols is 1. The van der Waals surface area contributed by atoms with Gasteiger partial charge in [-0.1, -0.05) is 18.2 Å². The molecule has 0 saturated carbocycles. The summed E-state index contributed by atoms with van der Waals surface area (Å²) in [6.45, 7) is 0.164. The van der Waals surface area contributed by atoms with Crippen molar-refractivity contribution < 1.29 is 24.0 Å². The maximum Gasteiger partial charge on any atom is 0.311 e. The highest BCUT2D eigenvalue weighted by Crippen LogP contribution is 2.25. The van der Waals surface area contributed by atoms with E-state index in [4.69, 9.17) is 9.15 Å². The Balaban J connectivity index is 1.56. The number of nitrogens with zero attached hydrogens (tertiary/aromatic N) is 2. The van der Waals surface area contributed by atoms with Crippen LogP contribution >= 0.6 is 0 Å². The minimum absolute atomic E-state index is 0.0421. The number of carbonyl (C=O) groups is 1.